The summed E-state index contributed by atoms with van der Waals surface area (Å²) in [4.78, 5) is 0. The number of rotatable bonds is 2. The van der Waals surface area contributed by atoms with Crippen LogP contribution in [0.15, 0.2) is 24.3 Å². The van der Waals surface area contributed by atoms with Crippen LogP contribution in [0.25, 0.3) is 10.9 Å². The summed E-state index contributed by atoms with van der Waals surface area (Å²) in [7, 11) is 2.00. The lowest BCUT2D eigenvalue weighted by Crippen LogP contribution is -1.91. The summed E-state index contributed by atoms with van der Waals surface area (Å²) in [5, 5.41) is 5.79. The molecule has 0 aliphatic carbocycles. The van der Waals surface area contributed by atoms with Crippen molar-refractivity contribution in [1.29, 1.82) is 0 Å². The maximum absolute atomic E-state index is 4.50. The number of aromatic nitrogens is 2. The predicted molar refractivity (Wildman–Crippen MR) is 54.7 cm³/mol. The largest absolute Gasteiger partial charge is 0.268 e. The number of hydrogen-bond acceptors (Lipinski definition) is 1. The molecule has 13 heavy (non-hydrogen) atoms. The molecule has 2 aromatic rings. The Hall–Kier alpha value is -1.31. The Morgan fingerprint density at radius 1 is 1.31 bits per heavy atom. The lowest BCUT2D eigenvalue weighted by molar-refractivity contribution is 0.753. The maximum atomic E-state index is 4.50. The van der Waals surface area contributed by atoms with Crippen molar-refractivity contribution in [3.05, 3.63) is 30.0 Å². The maximum Gasteiger partial charge on any atom is 0.0703 e. The number of benzene rings is 1. The fraction of sp³-hybridized carbons (Fsp3) is 0.364. The van der Waals surface area contributed by atoms with Gasteiger partial charge >= 0.3 is 0 Å². The molecule has 0 saturated carbocycles. The third kappa shape index (κ3) is 1.32. The first-order valence-electron chi connectivity index (χ1n) is 4.73. The van der Waals surface area contributed by atoms with Gasteiger partial charge in [-0.3, -0.25) is 4.68 Å². The van der Waals surface area contributed by atoms with E-state index in [1.807, 2.05) is 11.7 Å². The zero-order valence-electron chi connectivity index (χ0n) is 8.12. The number of hydrogen-bond donors (Lipinski definition) is 0. The van der Waals surface area contributed by atoms with E-state index in [-0.39, 0.29) is 0 Å². The standard InChI is InChI=1S/C11H14N2/c1-3-6-10-9-7-4-5-8-11(9)13(2)12-10/h4-5,7-8H,3,6H2,1-2H3. The van der Waals surface area contributed by atoms with Crippen molar-refractivity contribution in [1.82, 2.24) is 9.78 Å². The van der Waals surface area contributed by atoms with Gasteiger partial charge in [-0.25, -0.2) is 0 Å². The zero-order chi connectivity index (χ0) is 9.26. The Morgan fingerprint density at radius 2 is 2.08 bits per heavy atom. The van der Waals surface area contributed by atoms with Crippen molar-refractivity contribution >= 4 is 10.9 Å². The van der Waals surface area contributed by atoms with Crippen LogP contribution in [0.2, 0.25) is 0 Å². The monoisotopic (exact) mass is 174 g/mol. The highest BCUT2D eigenvalue weighted by molar-refractivity contribution is 5.81. The first-order valence-corrected chi connectivity index (χ1v) is 4.73. The van der Waals surface area contributed by atoms with Crippen LogP contribution in [0, 0.1) is 0 Å². The highest BCUT2D eigenvalue weighted by Gasteiger charge is 2.05. The fourth-order valence-electron chi connectivity index (χ4n) is 1.71. The number of nitrogens with zero attached hydrogens (tertiary/aromatic N) is 2. The van der Waals surface area contributed by atoms with Gasteiger partial charge in [-0.05, 0) is 12.5 Å². The topological polar surface area (TPSA) is 17.8 Å². The van der Waals surface area contributed by atoms with Crippen LogP contribution in [0.1, 0.15) is 19.0 Å². The summed E-state index contributed by atoms with van der Waals surface area (Å²) in [5.74, 6) is 0. The van der Waals surface area contributed by atoms with Gasteiger partial charge < -0.3 is 0 Å². The molecule has 0 saturated heterocycles. The lowest BCUT2D eigenvalue weighted by atomic mass is 10.1. The van der Waals surface area contributed by atoms with Gasteiger partial charge in [0.15, 0.2) is 0 Å². The van der Waals surface area contributed by atoms with Gasteiger partial charge in [-0.15, -0.1) is 0 Å². The van der Waals surface area contributed by atoms with Crippen LogP contribution < -0.4 is 0 Å². The molecule has 1 aromatic heterocycles. The smallest absolute Gasteiger partial charge is 0.0703 e. The molecule has 1 heterocycles. The van der Waals surface area contributed by atoms with Crippen molar-refractivity contribution < 1.29 is 0 Å². The normalized spacial score (nSPS) is 10.9. The lowest BCUT2D eigenvalue weighted by Gasteiger charge is -1.91. The zero-order valence-corrected chi connectivity index (χ0v) is 8.12. The molecule has 0 unspecified atom stereocenters. The second-order valence-electron chi connectivity index (χ2n) is 3.34. The van der Waals surface area contributed by atoms with Crippen LogP contribution >= 0.6 is 0 Å². The fourth-order valence-corrected chi connectivity index (χ4v) is 1.71. The molecular formula is C11H14N2. The molecule has 0 aliphatic rings. The van der Waals surface area contributed by atoms with Gasteiger partial charge in [-0.1, -0.05) is 31.5 Å². The van der Waals surface area contributed by atoms with E-state index in [9.17, 15) is 0 Å². The van der Waals surface area contributed by atoms with E-state index in [0.29, 0.717) is 0 Å². The average molecular weight is 174 g/mol. The molecule has 0 aliphatic heterocycles. The summed E-state index contributed by atoms with van der Waals surface area (Å²) in [5.41, 5.74) is 2.45. The second-order valence-corrected chi connectivity index (χ2v) is 3.34. The minimum Gasteiger partial charge on any atom is -0.268 e. The Balaban J connectivity index is 2.63. The molecule has 0 spiro atoms. The van der Waals surface area contributed by atoms with E-state index in [0.717, 1.165) is 12.8 Å². The van der Waals surface area contributed by atoms with Crippen LogP contribution in [0.5, 0.6) is 0 Å². The average Bonchev–Trinajstić information content (AvgIpc) is 2.46. The summed E-state index contributed by atoms with van der Waals surface area (Å²) in [6.45, 7) is 2.18. The second kappa shape index (κ2) is 3.21. The molecule has 68 valence electrons. The quantitative estimate of drug-likeness (QED) is 0.684. The van der Waals surface area contributed by atoms with Gasteiger partial charge in [0.25, 0.3) is 0 Å². The van der Waals surface area contributed by atoms with E-state index in [1.165, 1.54) is 16.6 Å². The minimum atomic E-state index is 1.07. The Morgan fingerprint density at radius 3 is 2.85 bits per heavy atom. The van der Waals surface area contributed by atoms with Crippen LogP contribution in [0.4, 0.5) is 0 Å². The van der Waals surface area contributed by atoms with Crippen molar-refractivity contribution in [2.24, 2.45) is 7.05 Å². The molecule has 2 heteroatoms. The van der Waals surface area contributed by atoms with Gasteiger partial charge in [0.2, 0.25) is 0 Å². The molecule has 0 fully saturated rings. The van der Waals surface area contributed by atoms with Crippen LogP contribution in [-0.2, 0) is 13.5 Å². The molecule has 1 aromatic carbocycles. The van der Waals surface area contributed by atoms with E-state index in [1.54, 1.807) is 0 Å². The van der Waals surface area contributed by atoms with Gasteiger partial charge in [-0.2, -0.15) is 5.10 Å². The SMILES string of the molecule is CCCc1nn(C)c2ccccc12. The Bertz CT molecular complexity index is 415. The van der Waals surface area contributed by atoms with E-state index in [2.05, 4.69) is 36.3 Å². The summed E-state index contributed by atoms with van der Waals surface area (Å²) < 4.78 is 1.96. The van der Waals surface area contributed by atoms with Gasteiger partial charge in [0.1, 0.15) is 0 Å². The predicted octanol–water partition coefficient (Wildman–Crippen LogP) is 2.53. The van der Waals surface area contributed by atoms with Crippen LogP contribution in [0.3, 0.4) is 0 Å². The summed E-state index contributed by atoms with van der Waals surface area (Å²) in [6, 6.07) is 8.39. The molecule has 0 bridgehead atoms. The van der Waals surface area contributed by atoms with E-state index in [4.69, 9.17) is 0 Å². The molecule has 0 radical (unpaired) electrons. The van der Waals surface area contributed by atoms with Crippen molar-refractivity contribution in [3.63, 3.8) is 0 Å². The Kier molecular flexibility index (Phi) is 2.05. The number of para-hydroxylation sites is 1. The van der Waals surface area contributed by atoms with Crippen molar-refractivity contribution in [2.45, 2.75) is 19.8 Å². The van der Waals surface area contributed by atoms with Gasteiger partial charge in [0.05, 0.1) is 11.2 Å². The first-order chi connectivity index (χ1) is 6.33. The third-order valence-corrected chi connectivity index (χ3v) is 2.32. The highest BCUT2D eigenvalue weighted by Crippen LogP contribution is 2.18. The summed E-state index contributed by atoms with van der Waals surface area (Å²) >= 11 is 0. The van der Waals surface area contributed by atoms with E-state index < -0.39 is 0 Å². The molecule has 0 N–H and O–H groups in total. The van der Waals surface area contributed by atoms with Crippen molar-refractivity contribution in [2.75, 3.05) is 0 Å². The third-order valence-electron chi connectivity index (χ3n) is 2.32. The molecular weight excluding hydrogens is 160 g/mol. The molecule has 2 nitrogen and oxygen atoms in total. The number of fused-ring (bicyclic) bond motifs is 1. The molecule has 0 atom stereocenters. The first kappa shape index (κ1) is 8.30. The van der Waals surface area contributed by atoms with Crippen LogP contribution in [-0.4, -0.2) is 9.78 Å². The van der Waals surface area contributed by atoms with E-state index >= 15 is 0 Å². The summed E-state index contributed by atoms with van der Waals surface area (Å²) in [6.07, 6.45) is 2.22. The minimum absolute atomic E-state index is 1.07. The molecule has 2 rings (SSSR count). The number of aryl methyl sites for hydroxylation is 2. The van der Waals surface area contributed by atoms with Gasteiger partial charge in [0, 0.05) is 12.4 Å². The van der Waals surface area contributed by atoms with Crippen molar-refractivity contribution in [3.8, 4) is 0 Å². The molecule has 0 amide bonds. The Labute approximate surface area is 78.2 Å². The highest BCUT2D eigenvalue weighted by atomic mass is 15.3.